The van der Waals surface area contributed by atoms with Crippen molar-refractivity contribution in [3.63, 3.8) is 0 Å². The van der Waals surface area contributed by atoms with E-state index in [0.29, 0.717) is 17.4 Å². The van der Waals surface area contributed by atoms with Crippen molar-refractivity contribution in [2.75, 3.05) is 36.4 Å². The first-order valence-electron chi connectivity index (χ1n) is 7.04. The Hall–Kier alpha value is -1.20. The molecule has 1 aliphatic heterocycles. The van der Waals surface area contributed by atoms with Gasteiger partial charge in [-0.1, -0.05) is 13.0 Å². The minimum atomic E-state index is 0.0598. The van der Waals surface area contributed by atoms with Crippen LogP contribution in [0.3, 0.4) is 0 Å². The lowest BCUT2D eigenvalue weighted by molar-refractivity contribution is -0.116. The third-order valence-electron chi connectivity index (χ3n) is 3.52. The molecule has 0 bridgehead atoms. The Labute approximate surface area is 125 Å². The van der Waals surface area contributed by atoms with E-state index >= 15 is 0 Å². The Bertz CT molecular complexity index is 478. The molecule has 5 heteroatoms. The highest BCUT2D eigenvalue weighted by Gasteiger charge is 2.17. The van der Waals surface area contributed by atoms with Gasteiger partial charge in [-0.15, -0.1) is 0 Å². The fourth-order valence-electron chi connectivity index (χ4n) is 2.34. The van der Waals surface area contributed by atoms with Gasteiger partial charge in [-0.3, -0.25) is 4.79 Å². The van der Waals surface area contributed by atoms with Gasteiger partial charge < -0.3 is 16.0 Å². The summed E-state index contributed by atoms with van der Waals surface area (Å²) in [5.41, 5.74) is 8.28. The molecule has 4 nitrogen and oxygen atoms in total. The second kappa shape index (κ2) is 6.99. The molecule has 1 fully saturated rings. The quantitative estimate of drug-likeness (QED) is 0.837. The van der Waals surface area contributed by atoms with Crippen LogP contribution in [0.2, 0.25) is 0 Å². The van der Waals surface area contributed by atoms with Crippen LogP contribution < -0.4 is 11.1 Å². The molecule has 1 atom stereocenters. The number of nitrogens with zero attached hydrogens (tertiary/aromatic N) is 1. The van der Waals surface area contributed by atoms with Crippen LogP contribution in [0.25, 0.3) is 0 Å². The Morgan fingerprint density at radius 2 is 2.35 bits per heavy atom. The van der Waals surface area contributed by atoms with Crippen molar-refractivity contribution >= 4 is 29.0 Å². The van der Waals surface area contributed by atoms with Crippen molar-refractivity contribution < 1.29 is 4.79 Å². The van der Waals surface area contributed by atoms with Gasteiger partial charge >= 0.3 is 0 Å². The molecule has 1 heterocycles. The van der Waals surface area contributed by atoms with E-state index in [4.69, 9.17) is 5.73 Å². The summed E-state index contributed by atoms with van der Waals surface area (Å²) in [6.45, 7) is 7.21. The van der Waals surface area contributed by atoms with Gasteiger partial charge in [0.1, 0.15) is 0 Å². The standard InChI is InChI=1S/C15H23N3OS/c1-11-3-4-13(16)9-14(11)17-15(19)5-6-18-7-8-20-12(2)10-18/h3-4,9,12H,5-8,10,16H2,1-2H3,(H,17,19). The van der Waals surface area contributed by atoms with Gasteiger partial charge in [0.2, 0.25) is 5.91 Å². The molecule has 1 saturated heterocycles. The zero-order valence-electron chi connectivity index (χ0n) is 12.2. The van der Waals surface area contributed by atoms with Crippen molar-refractivity contribution in [3.8, 4) is 0 Å². The molecule has 3 N–H and O–H groups in total. The van der Waals surface area contributed by atoms with Crippen molar-refractivity contribution in [1.29, 1.82) is 0 Å². The van der Waals surface area contributed by atoms with Crippen molar-refractivity contribution in [3.05, 3.63) is 23.8 Å². The second-order valence-corrected chi connectivity index (χ2v) is 6.90. The largest absolute Gasteiger partial charge is 0.399 e. The maximum atomic E-state index is 12.0. The average molecular weight is 293 g/mol. The molecular weight excluding hydrogens is 270 g/mol. The van der Waals surface area contributed by atoms with Gasteiger partial charge in [-0.25, -0.2) is 0 Å². The minimum absolute atomic E-state index is 0.0598. The number of thioether (sulfide) groups is 1. The fourth-order valence-corrected chi connectivity index (χ4v) is 3.42. The predicted molar refractivity (Wildman–Crippen MR) is 87.2 cm³/mol. The normalized spacial score (nSPS) is 19.8. The number of amides is 1. The van der Waals surface area contributed by atoms with Crippen LogP contribution in [-0.2, 0) is 4.79 Å². The average Bonchev–Trinajstić information content (AvgIpc) is 2.41. The molecule has 1 aromatic rings. The molecule has 0 aliphatic carbocycles. The second-order valence-electron chi connectivity index (χ2n) is 5.35. The number of benzene rings is 1. The summed E-state index contributed by atoms with van der Waals surface area (Å²) in [7, 11) is 0. The third kappa shape index (κ3) is 4.42. The first kappa shape index (κ1) is 15.2. The van der Waals surface area contributed by atoms with Crippen LogP contribution in [-0.4, -0.2) is 41.4 Å². The van der Waals surface area contributed by atoms with Gasteiger partial charge in [-0.2, -0.15) is 11.8 Å². The smallest absolute Gasteiger partial charge is 0.225 e. The maximum Gasteiger partial charge on any atom is 0.225 e. The van der Waals surface area contributed by atoms with E-state index in [9.17, 15) is 4.79 Å². The molecule has 110 valence electrons. The predicted octanol–water partition coefficient (Wildman–Crippen LogP) is 2.34. The number of anilines is 2. The van der Waals surface area contributed by atoms with Crippen molar-refractivity contribution in [2.45, 2.75) is 25.5 Å². The van der Waals surface area contributed by atoms with Crippen LogP contribution in [0.15, 0.2) is 18.2 Å². The Morgan fingerprint density at radius 3 is 3.10 bits per heavy atom. The minimum Gasteiger partial charge on any atom is -0.399 e. The highest BCUT2D eigenvalue weighted by atomic mass is 32.2. The molecule has 20 heavy (non-hydrogen) atoms. The van der Waals surface area contributed by atoms with Gasteiger partial charge in [-0.05, 0) is 24.6 Å². The SMILES string of the molecule is Cc1ccc(N)cc1NC(=O)CCN1CCSC(C)C1. The molecule has 2 rings (SSSR count). The number of nitrogens with one attached hydrogen (secondary N) is 1. The number of rotatable bonds is 4. The summed E-state index contributed by atoms with van der Waals surface area (Å²) < 4.78 is 0. The molecule has 0 radical (unpaired) electrons. The van der Waals surface area contributed by atoms with Crippen LogP contribution in [0.4, 0.5) is 11.4 Å². The Balaban J connectivity index is 1.82. The number of carbonyl (C=O) groups excluding carboxylic acids is 1. The van der Waals surface area contributed by atoms with E-state index in [-0.39, 0.29) is 5.91 Å². The van der Waals surface area contributed by atoms with E-state index < -0.39 is 0 Å². The molecule has 1 unspecified atom stereocenters. The lowest BCUT2D eigenvalue weighted by Gasteiger charge is -2.30. The number of hydrogen-bond acceptors (Lipinski definition) is 4. The zero-order chi connectivity index (χ0) is 14.5. The highest BCUT2D eigenvalue weighted by Crippen LogP contribution is 2.19. The summed E-state index contributed by atoms with van der Waals surface area (Å²) in [6.07, 6.45) is 0.533. The number of aryl methyl sites for hydroxylation is 1. The molecule has 0 spiro atoms. The van der Waals surface area contributed by atoms with Gasteiger partial charge in [0.15, 0.2) is 0 Å². The highest BCUT2D eigenvalue weighted by molar-refractivity contribution is 7.99. The van der Waals surface area contributed by atoms with E-state index in [0.717, 1.165) is 36.6 Å². The zero-order valence-corrected chi connectivity index (χ0v) is 13.0. The molecule has 1 aliphatic rings. The monoisotopic (exact) mass is 293 g/mol. The third-order valence-corrected chi connectivity index (χ3v) is 4.65. The summed E-state index contributed by atoms with van der Waals surface area (Å²) in [5, 5.41) is 3.62. The lowest BCUT2D eigenvalue weighted by atomic mass is 10.2. The fraction of sp³-hybridized carbons (Fsp3) is 0.533. The summed E-state index contributed by atoms with van der Waals surface area (Å²) in [4.78, 5) is 14.4. The topological polar surface area (TPSA) is 58.4 Å². The maximum absolute atomic E-state index is 12.0. The molecular formula is C15H23N3OS. The van der Waals surface area contributed by atoms with Gasteiger partial charge in [0.05, 0.1) is 0 Å². The van der Waals surface area contributed by atoms with E-state index in [1.54, 1.807) is 0 Å². The van der Waals surface area contributed by atoms with E-state index in [1.165, 1.54) is 0 Å². The first-order valence-corrected chi connectivity index (χ1v) is 8.09. The van der Waals surface area contributed by atoms with Crippen molar-refractivity contribution in [2.24, 2.45) is 0 Å². The summed E-state index contributed by atoms with van der Waals surface area (Å²) in [5.74, 6) is 1.22. The van der Waals surface area contributed by atoms with Crippen LogP contribution in [0.5, 0.6) is 0 Å². The number of nitrogens with two attached hydrogens (primary N) is 1. The molecule has 0 aromatic heterocycles. The number of hydrogen-bond donors (Lipinski definition) is 2. The number of nitrogen functional groups attached to an aromatic ring is 1. The Kier molecular flexibility index (Phi) is 5.31. The number of carbonyl (C=O) groups is 1. The lowest BCUT2D eigenvalue weighted by Crippen LogP contribution is -2.38. The van der Waals surface area contributed by atoms with Crippen molar-refractivity contribution in [1.82, 2.24) is 4.90 Å². The van der Waals surface area contributed by atoms with Crippen LogP contribution >= 0.6 is 11.8 Å². The first-order chi connectivity index (χ1) is 9.54. The van der Waals surface area contributed by atoms with E-state index in [2.05, 4.69) is 17.1 Å². The molecule has 1 amide bonds. The van der Waals surface area contributed by atoms with Gasteiger partial charge in [0, 0.05) is 48.4 Å². The van der Waals surface area contributed by atoms with Crippen LogP contribution in [0, 0.1) is 6.92 Å². The van der Waals surface area contributed by atoms with E-state index in [1.807, 2.05) is 36.9 Å². The molecule has 1 aromatic carbocycles. The summed E-state index contributed by atoms with van der Waals surface area (Å²) in [6, 6.07) is 5.58. The Morgan fingerprint density at radius 1 is 1.55 bits per heavy atom. The van der Waals surface area contributed by atoms with Gasteiger partial charge in [0.25, 0.3) is 0 Å². The van der Waals surface area contributed by atoms with Crippen LogP contribution in [0.1, 0.15) is 18.9 Å². The summed E-state index contributed by atoms with van der Waals surface area (Å²) >= 11 is 2.01. The molecule has 0 saturated carbocycles.